The molecule has 0 bridgehead atoms. The zero-order valence-corrected chi connectivity index (χ0v) is 20.9. The van der Waals surface area contributed by atoms with Crippen molar-refractivity contribution in [2.45, 2.75) is 45.8 Å². The van der Waals surface area contributed by atoms with Crippen molar-refractivity contribution >= 4 is 11.6 Å². The summed E-state index contributed by atoms with van der Waals surface area (Å²) in [7, 11) is 0. The minimum Gasteiger partial charge on any atom is -0.304 e. The standard InChI is InChI=1S/C21H23ClF4N2.C7H8/c1-4-5-13(2)14(3)11-28-20(19-7-6-17(22)12-27-19)15-8-16(21(24,25)26)10-18(23)9-15;1-7-5-3-2-4-6-7/h6-10,12,14,20,28H,2,4-5,11H2,1,3H3;2-6H,1H3/t14?,20-;/m0./s1. The van der Waals surface area contributed by atoms with Crippen LogP contribution in [-0.2, 0) is 6.18 Å². The molecule has 3 aromatic rings. The lowest BCUT2D eigenvalue weighted by Gasteiger charge is -2.23. The first-order chi connectivity index (χ1) is 16.5. The van der Waals surface area contributed by atoms with Crippen LogP contribution < -0.4 is 5.32 Å². The van der Waals surface area contributed by atoms with Gasteiger partial charge in [0.25, 0.3) is 0 Å². The molecule has 2 atom stereocenters. The zero-order chi connectivity index (χ0) is 26.0. The van der Waals surface area contributed by atoms with E-state index in [1.807, 2.05) is 25.1 Å². The average molecular weight is 507 g/mol. The van der Waals surface area contributed by atoms with E-state index in [1.54, 1.807) is 12.1 Å². The molecule has 188 valence electrons. The summed E-state index contributed by atoms with van der Waals surface area (Å²) in [5.74, 6) is -0.848. The fraction of sp³-hybridized carbons (Fsp3) is 0.321. The monoisotopic (exact) mass is 506 g/mol. The van der Waals surface area contributed by atoms with Crippen LogP contribution >= 0.6 is 11.6 Å². The first-order valence-corrected chi connectivity index (χ1v) is 11.8. The van der Waals surface area contributed by atoms with Gasteiger partial charge in [-0.05, 0) is 55.2 Å². The van der Waals surface area contributed by atoms with Crippen molar-refractivity contribution in [2.24, 2.45) is 5.92 Å². The molecule has 1 unspecified atom stereocenters. The van der Waals surface area contributed by atoms with E-state index >= 15 is 0 Å². The van der Waals surface area contributed by atoms with Gasteiger partial charge in [0, 0.05) is 12.7 Å². The first kappa shape index (κ1) is 28.5. The summed E-state index contributed by atoms with van der Waals surface area (Å²) < 4.78 is 53.4. The number of hydrogen-bond acceptors (Lipinski definition) is 2. The highest BCUT2D eigenvalue weighted by molar-refractivity contribution is 6.30. The molecular formula is C28H31ClF4N2. The van der Waals surface area contributed by atoms with Crippen molar-refractivity contribution in [3.8, 4) is 0 Å². The molecule has 0 spiro atoms. The maximum atomic E-state index is 13.9. The van der Waals surface area contributed by atoms with Crippen molar-refractivity contribution in [1.29, 1.82) is 0 Å². The molecule has 1 heterocycles. The van der Waals surface area contributed by atoms with Gasteiger partial charge in [-0.2, -0.15) is 13.2 Å². The molecule has 3 rings (SSSR count). The summed E-state index contributed by atoms with van der Waals surface area (Å²) in [5, 5.41) is 3.62. The molecule has 7 heteroatoms. The summed E-state index contributed by atoms with van der Waals surface area (Å²) in [4.78, 5) is 4.22. The SMILES string of the molecule is C=C(CCC)C(C)CN[C@@H](c1cc(F)cc(C(F)(F)F)c1)c1ccc(Cl)cn1.Cc1ccccc1. The second kappa shape index (κ2) is 13.4. The Morgan fingerprint density at radius 1 is 1.09 bits per heavy atom. The Bertz CT molecular complexity index is 1070. The predicted molar refractivity (Wildman–Crippen MR) is 135 cm³/mol. The van der Waals surface area contributed by atoms with E-state index in [2.05, 4.69) is 42.9 Å². The molecule has 0 saturated carbocycles. The molecule has 0 fully saturated rings. The van der Waals surface area contributed by atoms with Gasteiger partial charge in [-0.25, -0.2) is 4.39 Å². The largest absolute Gasteiger partial charge is 0.416 e. The van der Waals surface area contributed by atoms with Gasteiger partial charge in [-0.15, -0.1) is 0 Å². The van der Waals surface area contributed by atoms with E-state index in [4.69, 9.17) is 11.6 Å². The van der Waals surface area contributed by atoms with Gasteiger partial charge >= 0.3 is 6.18 Å². The Balaban J connectivity index is 0.000000527. The van der Waals surface area contributed by atoms with Crippen molar-refractivity contribution < 1.29 is 17.6 Å². The fourth-order valence-electron chi connectivity index (χ4n) is 3.43. The summed E-state index contributed by atoms with van der Waals surface area (Å²) in [6, 6.07) is 15.3. The topological polar surface area (TPSA) is 24.9 Å². The van der Waals surface area contributed by atoms with E-state index < -0.39 is 23.6 Å². The Kier molecular flexibility index (Phi) is 10.9. The Morgan fingerprint density at radius 2 is 1.77 bits per heavy atom. The van der Waals surface area contributed by atoms with E-state index in [0.29, 0.717) is 23.3 Å². The highest BCUT2D eigenvalue weighted by Crippen LogP contribution is 2.33. The van der Waals surface area contributed by atoms with Crippen LogP contribution in [0.5, 0.6) is 0 Å². The van der Waals surface area contributed by atoms with E-state index in [-0.39, 0.29) is 11.5 Å². The molecule has 0 aliphatic heterocycles. The number of pyridine rings is 1. The molecule has 1 aromatic heterocycles. The third-order valence-corrected chi connectivity index (χ3v) is 5.69. The predicted octanol–water partition coefficient (Wildman–Crippen LogP) is 8.56. The zero-order valence-electron chi connectivity index (χ0n) is 20.2. The van der Waals surface area contributed by atoms with Gasteiger partial charge in [0.05, 0.1) is 22.3 Å². The van der Waals surface area contributed by atoms with Crippen LogP contribution in [0.2, 0.25) is 5.02 Å². The van der Waals surface area contributed by atoms with Gasteiger partial charge < -0.3 is 5.32 Å². The van der Waals surface area contributed by atoms with Crippen LogP contribution in [0.4, 0.5) is 17.6 Å². The van der Waals surface area contributed by atoms with Crippen molar-refractivity contribution in [3.63, 3.8) is 0 Å². The van der Waals surface area contributed by atoms with Crippen LogP contribution in [0, 0.1) is 18.7 Å². The molecule has 35 heavy (non-hydrogen) atoms. The fourth-order valence-corrected chi connectivity index (χ4v) is 3.55. The second-order valence-electron chi connectivity index (χ2n) is 8.48. The van der Waals surface area contributed by atoms with Crippen LogP contribution in [0.1, 0.15) is 55.1 Å². The lowest BCUT2D eigenvalue weighted by molar-refractivity contribution is -0.137. The summed E-state index contributed by atoms with van der Waals surface area (Å²) >= 11 is 5.87. The number of hydrogen-bond donors (Lipinski definition) is 1. The third-order valence-electron chi connectivity index (χ3n) is 5.46. The van der Waals surface area contributed by atoms with Gasteiger partial charge in [0.2, 0.25) is 0 Å². The van der Waals surface area contributed by atoms with E-state index in [0.717, 1.165) is 30.5 Å². The molecule has 0 aliphatic carbocycles. The van der Waals surface area contributed by atoms with Crippen LogP contribution in [-0.4, -0.2) is 11.5 Å². The smallest absolute Gasteiger partial charge is 0.304 e. The molecule has 2 aromatic carbocycles. The van der Waals surface area contributed by atoms with Crippen LogP contribution in [0.25, 0.3) is 0 Å². The van der Waals surface area contributed by atoms with Gasteiger partial charge in [0.1, 0.15) is 5.82 Å². The highest BCUT2D eigenvalue weighted by Gasteiger charge is 2.32. The molecule has 1 N–H and O–H groups in total. The highest BCUT2D eigenvalue weighted by atomic mass is 35.5. The number of aromatic nitrogens is 1. The quantitative estimate of drug-likeness (QED) is 0.244. The van der Waals surface area contributed by atoms with Crippen molar-refractivity contribution in [2.75, 3.05) is 6.54 Å². The number of alkyl halides is 3. The number of halogens is 5. The Morgan fingerprint density at radius 3 is 2.29 bits per heavy atom. The lowest BCUT2D eigenvalue weighted by Crippen LogP contribution is -2.29. The molecule has 0 saturated heterocycles. The number of nitrogens with one attached hydrogen (secondary N) is 1. The van der Waals surface area contributed by atoms with Crippen molar-refractivity contribution in [3.05, 3.63) is 112 Å². The molecule has 0 amide bonds. The Labute approximate surface area is 210 Å². The molecule has 0 aliphatic rings. The molecular weight excluding hydrogens is 476 g/mol. The average Bonchev–Trinajstić information content (AvgIpc) is 2.80. The minimum absolute atomic E-state index is 0.102. The lowest BCUT2D eigenvalue weighted by atomic mass is 9.96. The summed E-state index contributed by atoms with van der Waals surface area (Å²) in [6.45, 7) is 10.6. The van der Waals surface area contributed by atoms with E-state index in [1.165, 1.54) is 11.8 Å². The first-order valence-electron chi connectivity index (χ1n) is 11.4. The van der Waals surface area contributed by atoms with E-state index in [9.17, 15) is 17.6 Å². The van der Waals surface area contributed by atoms with Gasteiger partial charge in [-0.1, -0.05) is 79.9 Å². The Hall–Kier alpha value is -2.70. The van der Waals surface area contributed by atoms with Gasteiger partial charge in [0.15, 0.2) is 0 Å². The number of benzene rings is 2. The number of aryl methyl sites for hydroxylation is 1. The normalized spacial score (nSPS) is 12.9. The van der Waals surface area contributed by atoms with Crippen LogP contribution in [0.15, 0.2) is 79.0 Å². The maximum Gasteiger partial charge on any atom is 0.416 e. The number of rotatable bonds is 8. The number of nitrogens with zero attached hydrogens (tertiary/aromatic N) is 1. The molecule has 0 radical (unpaired) electrons. The molecule has 2 nitrogen and oxygen atoms in total. The van der Waals surface area contributed by atoms with Gasteiger partial charge in [-0.3, -0.25) is 4.98 Å². The van der Waals surface area contributed by atoms with Crippen molar-refractivity contribution in [1.82, 2.24) is 10.3 Å². The minimum atomic E-state index is -4.64. The van der Waals surface area contributed by atoms with Crippen LogP contribution in [0.3, 0.4) is 0 Å². The summed E-state index contributed by atoms with van der Waals surface area (Å²) in [6.07, 6.45) is -1.40. The summed E-state index contributed by atoms with van der Waals surface area (Å²) in [5.41, 5.74) is 1.94. The third kappa shape index (κ3) is 9.46. The second-order valence-corrected chi connectivity index (χ2v) is 8.91. The maximum absolute atomic E-state index is 13.9.